The first-order valence-corrected chi connectivity index (χ1v) is 10.3. The van der Waals surface area contributed by atoms with E-state index in [1.165, 1.54) is 5.57 Å². The van der Waals surface area contributed by atoms with Crippen molar-refractivity contribution in [1.29, 1.82) is 0 Å². The SMILES string of the molecule is C=C[C@](C)(CCC=C(C)C)CO[Si](C)(C)C(C)(C)C. The van der Waals surface area contributed by atoms with Gasteiger partial charge in [-0.3, -0.25) is 0 Å². The maximum Gasteiger partial charge on any atom is 0.192 e. The monoisotopic (exact) mass is 282 g/mol. The Labute approximate surface area is 122 Å². The highest BCUT2D eigenvalue weighted by Gasteiger charge is 2.38. The fourth-order valence-electron chi connectivity index (χ4n) is 1.49. The normalized spacial score (nSPS) is 15.8. The minimum atomic E-state index is -1.66. The van der Waals surface area contributed by atoms with E-state index in [1.807, 2.05) is 0 Å². The molecule has 0 N–H and O–H groups in total. The van der Waals surface area contributed by atoms with Crippen molar-refractivity contribution in [2.24, 2.45) is 5.41 Å². The Balaban J connectivity index is 4.56. The Bertz CT molecular complexity index is 319. The van der Waals surface area contributed by atoms with Crippen molar-refractivity contribution in [3.05, 3.63) is 24.3 Å². The van der Waals surface area contributed by atoms with Crippen LogP contribution in [-0.2, 0) is 4.43 Å². The Morgan fingerprint density at radius 3 is 2.05 bits per heavy atom. The van der Waals surface area contributed by atoms with Crippen molar-refractivity contribution in [3.63, 3.8) is 0 Å². The summed E-state index contributed by atoms with van der Waals surface area (Å²) in [5.74, 6) is 0. The van der Waals surface area contributed by atoms with Crippen LogP contribution >= 0.6 is 0 Å². The number of allylic oxidation sites excluding steroid dienone is 2. The average molecular weight is 283 g/mol. The molecule has 0 radical (unpaired) electrons. The highest BCUT2D eigenvalue weighted by molar-refractivity contribution is 6.74. The van der Waals surface area contributed by atoms with Gasteiger partial charge in [-0.05, 0) is 44.8 Å². The summed E-state index contributed by atoms with van der Waals surface area (Å²) in [6.45, 7) is 22.8. The topological polar surface area (TPSA) is 9.23 Å². The zero-order chi connectivity index (χ0) is 15.3. The molecule has 0 aromatic rings. The van der Waals surface area contributed by atoms with E-state index in [4.69, 9.17) is 4.43 Å². The molecule has 112 valence electrons. The molecule has 1 atom stereocenters. The van der Waals surface area contributed by atoms with Crippen LogP contribution in [0.4, 0.5) is 0 Å². The molecule has 0 unspecified atom stereocenters. The van der Waals surface area contributed by atoms with E-state index in [1.54, 1.807) is 0 Å². The largest absolute Gasteiger partial charge is 0.416 e. The fourth-order valence-corrected chi connectivity index (χ4v) is 2.61. The van der Waals surface area contributed by atoms with Crippen molar-refractivity contribution >= 4 is 8.32 Å². The first-order chi connectivity index (χ1) is 8.43. The van der Waals surface area contributed by atoms with Gasteiger partial charge < -0.3 is 4.43 Å². The molecular formula is C17H34OSi. The lowest BCUT2D eigenvalue weighted by atomic mass is 9.86. The highest BCUT2D eigenvalue weighted by atomic mass is 28.4. The molecule has 0 aliphatic carbocycles. The fraction of sp³-hybridized carbons (Fsp3) is 0.765. The number of rotatable bonds is 7. The molecule has 0 fully saturated rings. The summed E-state index contributed by atoms with van der Waals surface area (Å²) in [5, 5.41) is 0.273. The maximum atomic E-state index is 6.35. The molecule has 0 bridgehead atoms. The van der Waals surface area contributed by atoms with Crippen LogP contribution in [0.15, 0.2) is 24.3 Å². The van der Waals surface area contributed by atoms with Crippen LogP contribution in [-0.4, -0.2) is 14.9 Å². The molecule has 1 nitrogen and oxygen atoms in total. The van der Waals surface area contributed by atoms with Gasteiger partial charge in [-0.15, -0.1) is 6.58 Å². The van der Waals surface area contributed by atoms with Gasteiger partial charge in [0.15, 0.2) is 8.32 Å². The Hall–Kier alpha value is -0.343. The van der Waals surface area contributed by atoms with Crippen molar-refractivity contribution < 1.29 is 4.43 Å². The van der Waals surface area contributed by atoms with E-state index in [0.29, 0.717) is 0 Å². The van der Waals surface area contributed by atoms with Crippen molar-refractivity contribution in [3.8, 4) is 0 Å². The van der Waals surface area contributed by atoms with E-state index in [9.17, 15) is 0 Å². The maximum absolute atomic E-state index is 6.35. The zero-order valence-electron chi connectivity index (χ0n) is 14.4. The second kappa shape index (κ2) is 6.89. The summed E-state index contributed by atoms with van der Waals surface area (Å²) < 4.78 is 6.35. The zero-order valence-corrected chi connectivity index (χ0v) is 15.4. The van der Waals surface area contributed by atoms with Gasteiger partial charge in [-0.2, -0.15) is 0 Å². The molecule has 0 aliphatic heterocycles. The lowest BCUT2D eigenvalue weighted by molar-refractivity contribution is 0.181. The van der Waals surface area contributed by atoms with Gasteiger partial charge in [-0.25, -0.2) is 0 Å². The summed E-state index contributed by atoms with van der Waals surface area (Å²) in [7, 11) is -1.66. The van der Waals surface area contributed by atoms with Gasteiger partial charge in [0.25, 0.3) is 0 Å². The summed E-state index contributed by atoms with van der Waals surface area (Å²) in [4.78, 5) is 0. The van der Waals surface area contributed by atoms with Gasteiger partial charge in [-0.1, -0.05) is 45.4 Å². The minimum Gasteiger partial charge on any atom is -0.416 e. The van der Waals surface area contributed by atoms with Crippen LogP contribution in [0.3, 0.4) is 0 Å². The molecule has 0 spiro atoms. The standard InChI is InChI=1S/C17H34OSi/c1-10-17(7,13-11-12-15(2)3)14-18-19(8,9)16(4,5)6/h10,12H,1,11,13-14H2,2-9H3/t17-/m1/s1. The van der Waals surface area contributed by atoms with Crippen LogP contribution in [0.2, 0.25) is 18.1 Å². The molecule has 0 aliphatic rings. The molecule has 2 heteroatoms. The molecule has 0 heterocycles. The lowest BCUT2D eigenvalue weighted by Crippen LogP contribution is -2.43. The van der Waals surface area contributed by atoms with Gasteiger partial charge in [0.1, 0.15) is 0 Å². The van der Waals surface area contributed by atoms with Crippen LogP contribution in [0.1, 0.15) is 54.4 Å². The van der Waals surface area contributed by atoms with Crippen LogP contribution < -0.4 is 0 Å². The van der Waals surface area contributed by atoms with Crippen molar-refractivity contribution in [2.45, 2.75) is 72.5 Å². The van der Waals surface area contributed by atoms with E-state index < -0.39 is 8.32 Å². The predicted octanol–water partition coefficient (Wildman–Crippen LogP) is 5.95. The Morgan fingerprint density at radius 2 is 1.68 bits per heavy atom. The molecule has 0 aromatic carbocycles. The van der Waals surface area contributed by atoms with E-state index in [2.05, 4.69) is 73.4 Å². The van der Waals surface area contributed by atoms with Crippen LogP contribution in [0.5, 0.6) is 0 Å². The van der Waals surface area contributed by atoms with Gasteiger partial charge in [0, 0.05) is 12.0 Å². The average Bonchev–Trinajstić information content (AvgIpc) is 2.24. The molecule has 0 aromatic heterocycles. The second-order valence-electron chi connectivity index (χ2n) is 7.73. The minimum absolute atomic E-state index is 0.0848. The summed E-state index contributed by atoms with van der Waals surface area (Å²) in [6.07, 6.45) is 6.58. The molecule has 0 amide bonds. The second-order valence-corrected chi connectivity index (χ2v) is 12.5. The molecular weight excluding hydrogens is 248 g/mol. The van der Waals surface area contributed by atoms with Crippen molar-refractivity contribution in [2.75, 3.05) is 6.61 Å². The smallest absolute Gasteiger partial charge is 0.192 e. The van der Waals surface area contributed by atoms with Crippen LogP contribution in [0.25, 0.3) is 0 Å². The Kier molecular flexibility index (Phi) is 6.77. The number of hydrogen-bond acceptors (Lipinski definition) is 1. The molecule has 19 heavy (non-hydrogen) atoms. The first-order valence-electron chi connectivity index (χ1n) is 7.34. The van der Waals surface area contributed by atoms with Gasteiger partial charge in [0.05, 0.1) is 0 Å². The lowest BCUT2D eigenvalue weighted by Gasteiger charge is -2.39. The Morgan fingerprint density at radius 1 is 1.16 bits per heavy atom. The summed E-state index contributed by atoms with van der Waals surface area (Å²) >= 11 is 0. The molecule has 0 saturated heterocycles. The number of hydrogen-bond donors (Lipinski definition) is 0. The van der Waals surface area contributed by atoms with Gasteiger partial charge >= 0.3 is 0 Å². The van der Waals surface area contributed by atoms with Crippen molar-refractivity contribution in [1.82, 2.24) is 0 Å². The van der Waals surface area contributed by atoms with E-state index in [0.717, 1.165) is 19.4 Å². The molecule has 0 rings (SSSR count). The quantitative estimate of drug-likeness (QED) is 0.414. The highest BCUT2D eigenvalue weighted by Crippen LogP contribution is 2.38. The first kappa shape index (κ1) is 18.7. The summed E-state index contributed by atoms with van der Waals surface area (Å²) in [6, 6.07) is 0. The van der Waals surface area contributed by atoms with Gasteiger partial charge in [0.2, 0.25) is 0 Å². The van der Waals surface area contributed by atoms with E-state index >= 15 is 0 Å². The van der Waals surface area contributed by atoms with E-state index in [-0.39, 0.29) is 10.5 Å². The third-order valence-electron chi connectivity index (χ3n) is 4.33. The third kappa shape index (κ3) is 6.58. The predicted molar refractivity (Wildman–Crippen MR) is 90.1 cm³/mol. The summed E-state index contributed by atoms with van der Waals surface area (Å²) in [5.41, 5.74) is 1.47. The molecule has 0 saturated carbocycles. The third-order valence-corrected chi connectivity index (χ3v) is 8.81. The van der Waals surface area contributed by atoms with Crippen LogP contribution in [0, 0.1) is 5.41 Å².